The summed E-state index contributed by atoms with van der Waals surface area (Å²) < 4.78 is 5.52. The lowest BCUT2D eigenvalue weighted by Gasteiger charge is -2.09. The van der Waals surface area contributed by atoms with Crippen molar-refractivity contribution in [1.82, 2.24) is 10.7 Å². The molecule has 0 radical (unpaired) electrons. The van der Waals surface area contributed by atoms with Gasteiger partial charge in [-0.2, -0.15) is 5.10 Å². The van der Waals surface area contributed by atoms with Crippen LogP contribution in [0.15, 0.2) is 53.6 Å². The number of anilines is 1. The van der Waals surface area contributed by atoms with Gasteiger partial charge in [0.15, 0.2) is 6.61 Å². The van der Waals surface area contributed by atoms with Crippen LogP contribution in [-0.2, 0) is 20.8 Å². The molecule has 0 aliphatic rings. The molecule has 2 rings (SSSR count). The van der Waals surface area contributed by atoms with E-state index in [-0.39, 0.29) is 18.6 Å². The standard InChI is InChI=1S/C23H28N4O4/c1-4-16(3)25-22(29)23(30)27-24-14-18-7-6-8-20(13-18)31-15-21(28)26-19-11-9-17(5-2)10-12-19/h6-14,16H,4-5,15H2,1-3H3,(H,25,29)(H,26,28)(H,27,30)/b24-14-/t16-/m0/s1. The van der Waals surface area contributed by atoms with Crippen molar-refractivity contribution in [2.75, 3.05) is 11.9 Å². The minimum atomic E-state index is -0.840. The van der Waals surface area contributed by atoms with E-state index < -0.39 is 11.8 Å². The van der Waals surface area contributed by atoms with Crippen LogP contribution in [0, 0.1) is 0 Å². The number of hydrogen-bond donors (Lipinski definition) is 3. The number of ether oxygens (including phenoxy) is 1. The van der Waals surface area contributed by atoms with Crippen molar-refractivity contribution in [1.29, 1.82) is 0 Å². The van der Waals surface area contributed by atoms with Crippen LogP contribution in [0.25, 0.3) is 0 Å². The van der Waals surface area contributed by atoms with E-state index in [1.54, 1.807) is 24.3 Å². The molecule has 0 aliphatic carbocycles. The first-order chi connectivity index (χ1) is 14.9. The summed E-state index contributed by atoms with van der Waals surface area (Å²) in [4.78, 5) is 35.5. The van der Waals surface area contributed by atoms with Crippen LogP contribution < -0.4 is 20.8 Å². The first-order valence-corrected chi connectivity index (χ1v) is 10.2. The summed E-state index contributed by atoms with van der Waals surface area (Å²) in [5.41, 5.74) is 4.72. The Bertz CT molecular complexity index is 925. The molecular weight excluding hydrogens is 396 g/mol. The summed E-state index contributed by atoms with van der Waals surface area (Å²) in [6.07, 6.45) is 3.04. The molecule has 31 heavy (non-hydrogen) atoms. The predicted molar refractivity (Wildman–Crippen MR) is 120 cm³/mol. The molecule has 0 bridgehead atoms. The second-order valence-corrected chi connectivity index (χ2v) is 6.94. The van der Waals surface area contributed by atoms with Gasteiger partial charge in [0.1, 0.15) is 5.75 Å². The number of benzene rings is 2. The molecule has 0 heterocycles. The molecule has 0 aromatic heterocycles. The van der Waals surface area contributed by atoms with Crippen molar-refractivity contribution in [2.45, 2.75) is 39.7 Å². The molecule has 8 nitrogen and oxygen atoms in total. The average molecular weight is 425 g/mol. The number of nitrogens with one attached hydrogen (secondary N) is 3. The minimum absolute atomic E-state index is 0.0936. The topological polar surface area (TPSA) is 109 Å². The summed E-state index contributed by atoms with van der Waals surface area (Å²) in [7, 11) is 0. The van der Waals surface area contributed by atoms with Crippen LogP contribution in [0.5, 0.6) is 5.75 Å². The molecule has 8 heteroatoms. The molecule has 0 saturated heterocycles. The molecule has 2 aromatic carbocycles. The third-order valence-electron chi connectivity index (χ3n) is 4.45. The molecule has 0 aliphatic heterocycles. The Kier molecular flexibility index (Phi) is 9.22. The Morgan fingerprint density at radius 3 is 2.48 bits per heavy atom. The highest BCUT2D eigenvalue weighted by atomic mass is 16.5. The summed E-state index contributed by atoms with van der Waals surface area (Å²) in [6.45, 7) is 5.63. The maximum absolute atomic E-state index is 12.1. The van der Waals surface area contributed by atoms with Crippen LogP contribution in [0.4, 0.5) is 5.69 Å². The molecule has 2 aromatic rings. The minimum Gasteiger partial charge on any atom is -0.484 e. The Balaban J connectivity index is 1.82. The molecule has 0 unspecified atom stereocenters. The highest BCUT2D eigenvalue weighted by Gasteiger charge is 2.14. The van der Waals surface area contributed by atoms with Crippen LogP contribution in [-0.4, -0.2) is 36.6 Å². The van der Waals surface area contributed by atoms with Gasteiger partial charge in [-0.1, -0.05) is 38.1 Å². The SMILES string of the molecule is CCc1ccc(NC(=O)COc2cccc(/C=N\NC(=O)C(=O)N[C@@H](C)CC)c2)cc1. The quantitative estimate of drug-likeness (QED) is 0.327. The Hall–Kier alpha value is -3.68. The number of rotatable bonds is 9. The number of amides is 3. The van der Waals surface area contributed by atoms with E-state index in [4.69, 9.17) is 4.74 Å². The maximum Gasteiger partial charge on any atom is 0.329 e. The van der Waals surface area contributed by atoms with Crippen molar-refractivity contribution in [3.05, 3.63) is 59.7 Å². The van der Waals surface area contributed by atoms with Crippen molar-refractivity contribution < 1.29 is 19.1 Å². The summed E-state index contributed by atoms with van der Waals surface area (Å²) in [5.74, 6) is -1.38. The van der Waals surface area contributed by atoms with E-state index in [0.29, 0.717) is 17.0 Å². The molecular formula is C23H28N4O4. The second-order valence-electron chi connectivity index (χ2n) is 6.94. The van der Waals surface area contributed by atoms with Gasteiger partial charge in [0.05, 0.1) is 6.21 Å². The van der Waals surface area contributed by atoms with E-state index in [1.165, 1.54) is 11.8 Å². The third-order valence-corrected chi connectivity index (χ3v) is 4.45. The van der Waals surface area contributed by atoms with E-state index in [0.717, 1.165) is 12.8 Å². The fraction of sp³-hybridized carbons (Fsp3) is 0.304. The molecule has 0 spiro atoms. The highest BCUT2D eigenvalue weighted by molar-refractivity contribution is 6.35. The van der Waals surface area contributed by atoms with Gasteiger partial charge < -0.3 is 15.4 Å². The fourth-order valence-corrected chi connectivity index (χ4v) is 2.46. The van der Waals surface area contributed by atoms with Gasteiger partial charge in [-0.3, -0.25) is 14.4 Å². The number of hydrazone groups is 1. The van der Waals surface area contributed by atoms with Crippen molar-refractivity contribution in [2.24, 2.45) is 5.10 Å². The zero-order valence-electron chi connectivity index (χ0n) is 18.0. The maximum atomic E-state index is 12.1. The van der Waals surface area contributed by atoms with Crippen molar-refractivity contribution in [3.63, 3.8) is 0 Å². The summed E-state index contributed by atoms with van der Waals surface area (Å²) in [5, 5.41) is 9.11. The smallest absolute Gasteiger partial charge is 0.329 e. The second kappa shape index (κ2) is 12.1. The fourth-order valence-electron chi connectivity index (χ4n) is 2.46. The van der Waals surface area contributed by atoms with Gasteiger partial charge in [-0.25, -0.2) is 5.43 Å². The normalized spacial score (nSPS) is 11.6. The summed E-state index contributed by atoms with van der Waals surface area (Å²) in [6, 6.07) is 14.4. The predicted octanol–water partition coefficient (Wildman–Crippen LogP) is 2.63. The zero-order chi connectivity index (χ0) is 22.6. The zero-order valence-corrected chi connectivity index (χ0v) is 18.0. The lowest BCUT2D eigenvalue weighted by Crippen LogP contribution is -2.41. The van der Waals surface area contributed by atoms with E-state index in [9.17, 15) is 14.4 Å². The largest absolute Gasteiger partial charge is 0.484 e. The first kappa shape index (κ1) is 23.6. The Morgan fingerprint density at radius 1 is 1.06 bits per heavy atom. The lowest BCUT2D eigenvalue weighted by molar-refractivity contribution is -0.139. The molecule has 0 saturated carbocycles. The third kappa shape index (κ3) is 8.30. The van der Waals surface area contributed by atoms with Crippen LogP contribution in [0.3, 0.4) is 0 Å². The van der Waals surface area contributed by atoms with Crippen molar-refractivity contribution >= 4 is 29.6 Å². The van der Waals surface area contributed by atoms with Gasteiger partial charge in [0, 0.05) is 11.7 Å². The molecule has 164 valence electrons. The van der Waals surface area contributed by atoms with Crippen molar-refractivity contribution in [3.8, 4) is 5.75 Å². The molecule has 3 N–H and O–H groups in total. The first-order valence-electron chi connectivity index (χ1n) is 10.2. The lowest BCUT2D eigenvalue weighted by atomic mass is 10.1. The van der Waals surface area contributed by atoms with Gasteiger partial charge in [-0.05, 0) is 55.2 Å². The average Bonchev–Trinajstić information content (AvgIpc) is 2.78. The van der Waals surface area contributed by atoms with E-state index in [1.807, 2.05) is 38.1 Å². The number of aryl methyl sites for hydroxylation is 1. The monoisotopic (exact) mass is 424 g/mol. The number of nitrogens with zero attached hydrogens (tertiary/aromatic N) is 1. The van der Waals surface area contributed by atoms with Gasteiger partial charge in [-0.15, -0.1) is 0 Å². The molecule has 0 fully saturated rings. The Morgan fingerprint density at radius 2 is 1.81 bits per heavy atom. The van der Waals surface area contributed by atoms with Gasteiger partial charge in [0.2, 0.25) is 0 Å². The number of carbonyl (C=O) groups excluding carboxylic acids is 3. The molecule has 1 atom stereocenters. The van der Waals surface area contributed by atoms with E-state index >= 15 is 0 Å². The number of hydrogen-bond acceptors (Lipinski definition) is 5. The van der Waals surface area contributed by atoms with E-state index in [2.05, 4.69) is 28.1 Å². The van der Waals surface area contributed by atoms with Crippen LogP contribution in [0.2, 0.25) is 0 Å². The Labute approximate surface area is 182 Å². The van der Waals surface area contributed by atoms with Crippen LogP contribution in [0.1, 0.15) is 38.3 Å². The highest BCUT2D eigenvalue weighted by Crippen LogP contribution is 2.13. The van der Waals surface area contributed by atoms with Gasteiger partial charge in [0.25, 0.3) is 5.91 Å². The number of carbonyl (C=O) groups is 3. The van der Waals surface area contributed by atoms with Crippen LogP contribution >= 0.6 is 0 Å². The molecule has 3 amide bonds. The van der Waals surface area contributed by atoms with Gasteiger partial charge >= 0.3 is 11.8 Å². The summed E-state index contributed by atoms with van der Waals surface area (Å²) >= 11 is 0.